The number of H-pyrrole nitrogens is 1. The summed E-state index contributed by atoms with van der Waals surface area (Å²) in [6, 6.07) is 6.94. The second-order valence-corrected chi connectivity index (χ2v) is 5.87. The maximum absolute atomic E-state index is 11.9. The predicted octanol–water partition coefficient (Wildman–Crippen LogP) is 1.50. The van der Waals surface area contributed by atoms with Gasteiger partial charge in [0.25, 0.3) is 0 Å². The van der Waals surface area contributed by atoms with Gasteiger partial charge in [0.1, 0.15) is 12.2 Å². The van der Waals surface area contributed by atoms with E-state index in [1.807, 2.05) is 0 Å². The summed E-state index contributed by atoms with van der Waals surface area (Å²) < 4.78 is 34.4. The average molecular weight is 426 g/mol. The minimum Gasteiger partial charge on any atom is -0.475 e. The number of aryl methyl sites for hydroxylation is 2. The van der Waals surface area contributed by atoms with Crippen molar-refractivity contribution in [1.82, 2.24) is 24.3 Å². The van der Waals surface area contributed by atoms with E-state index in [-0.39, 0.29) is 11.6 Å². The molecule has 0 fully saturated rings. The Bertz CT molecular complexity index is 1040. The Balaban J connectivity index is 0.000000396. The summed E-state index contributed by atoms with van der Waals surface area (Å²) in [6.07, 6.45) is 0.652. The maximum atomic E-state index is 11.9. The normalized spacial score (nSPS) is 10.8. The fourth-order valence-electron chi connectivity index (χ4n) is 2.13. The van der Waals surface area contributed by atoms with Crippen LogP contribution in [0.3, 0.4) is 0 Å². The highest BCUT2D eigenvalue weighted by molar-refractivity contribution is 5.90. The summed E-state index contributed by atoms with van der Waals surface area (Å²) in [7, 11) is 1.64. The molecule has 0 saturated heterocycles. The average Bonchev–Trinajstić information content (AvgIpc) is 3.31. The van der Waals surface area contributed by atoms with Crippen LogP contribution in [0.4, 0.5) is 18.9 Å². The van der Waals surface area contributed by atoms with Crippen molar-refractivity contribution in [2.75, 3.05) is 5.32 Å². The Morgan fingerprint density at radius 3 is 2.33 bits per heavy atom. The lowest BCUT2D eigenvalue weighted by Gasteiger charge is -2.06. The number of halogens is 3. The van der Waals surface area contributed by atoms with Crippen molar-refractivity contribution >= 4 is 17.6 Å². The van der Waals surface area contributed by atoms with Gasteiger partial charge in [0.15, 0.2) is 0 Å². The van der Waals surface area contributed by atoms with Crippen LogP contribution in [-0.2, 0) is 23.1 Å². The van der Waals surface area contributed by atoms with Crippen LogP contribution in [0.25, 0.3) is 5.69 Å². The highest BCUT2D eigenvalue weighted by Crippen LogP contribution is 2.13. The lowest BCUT2D eigenvalue weighted by Crippen LogP contribution is -2.21. The number of alkyl halides is 3. The number of benzene rings is 1. The van der Waals surface area contributed by atoms with Crippen molar-refractivity contribution < 1.29 is 27.9 Å². The molecular weight excluding hydrogens is 409 g/mol. The number of hydrogen-bond donors (Lipinski definition) is 3. The number of imidazole rings is 1. The van der Waals surface area contributed by atoms with Gasteiger partial charge in [0.05, 0.1) is 5.69 Å². The first-order valence-corrected chi connectivity index (χ1v) is 8.37. The van der Waals surface area contributed by atoms with E-state index in [9.17, 15) is 22.8 Å². The number of aromatic amines is 1. The first-order valence-electron chi connectivity index (χ1n) is 8.37. The van der Waals surface area contributed by atoms with Crippen LogP contribution in [0.5, 0.6) is 0 Å². The van der Waals surface area contributed by atoms with E-state index < -0.39 is 12.1 Å². The number of hydrogen-bond acceptors (Lipinski definition) is 5. The van der Waals surface area contributed by atoms with E-state index in [1.165, 1.54) is 15.6 Å². The molecule has 0 atom stereocenters. The molecule has 0 aliphatic carbocycles. The Hall–Kier alpha value is -3.90. The third-order valence-electron chi connectivity index (χ3n) is 3.61. The van der Waals surface area contributed by atoms with Gasteiger partial charge in [-0.3, -0.25) is 9.36 Å². The van der Waals surface area contributed by atoms with Gasteiger partial charge < -0.3 is 15.4 Å². The molecule has 0 spiro atoms. The number of rotatable bonds is 5. The molecule has 0 radical (unpaired) electrons. The second-order valence-electron chi connectivity index (χ2n) is 5.87. The molecule has 10 nitrogen and oxygen atoms in total. The highest BCUT2D eigenvalue weighted by atomic mass is 19.4. The third kappa shape index (κ3) is 6.32. The number of aromatic nitrogens is 5. The summed E-state index contributed by atoms with van der Waals surface area (Å²) in [6.45, 7) is 0. The number of carboxylic acids is 1. The zero-order valence-corrected chi connectivity index (χ0v) is 15.6. The van der Waals surface area contributed by atoms with Gasteiger partial charge in [-0.1, -0.05) is 0 Å². The van der Waals surface area contributed by atoms with Crippen LogP contribution in [0.2, 0.25) is 0 Å². The van der Waals surface area contributed by atoms with Crippen molar-refractivity contribution in [1.29, 1.82) is 0 Å². The van der Waals surface area contributed by atoms with Gasteiger partial charge in [0.2, 0.25) is 5.91 Å². The molecule has 13 heteroatoms. The molecule has 160 valence electrons. The molecule has 3 N–H and O–H groups in total. The molecule has 0 unspecified atom stereocenters. The minimum atomic E-state index is -5.08. The number of nitrogens with zero attached hydrogens (tertiary/aromatic N) is 4. The fraction of sp³-hybridized carbons (Fsp3) is 0.235. The Labute approximate surface area is 167 Å². The largest absolute Gasteiger partial charge is 0.490 e. The molecule has 2 heterocycles. The van der Waals surface area contributed by atoms with Crippen molar-refractivity contribution in [2.24, 2.45) is 7.05 Å². The van der Waals surface area contributed by atoms with E-state index in [0.717, 1.165) is 5.82 Å². The maximum Gasteiger partial charge on any atom is 0.490 e. The number of nitrogens with one attached hydrogen (secondary N) is 2. The van der Waals surface area contributed by atoms with Crippen LogP contribution in [0.1, 0.15) is 12.2 Å². The van der Waals surface area contributed by atoms with Crippen LogP contribution in [0.15, 0.2) is 47.8 Å². The highest BCUT2D eigenvalue weighted by Gasteiger charge is 2.38. The monoisotopic (exact) mass is 426 g/mol. The number of carbonyl (C=O) groups is 2. The molecule has 1 amide bonds. The Morgan fingerprint density at radius 2 is 1.87 bits per heavy atom. The van der Waals surface area contributed by atoms with Crippen LogP contribution in [0, 0.1) is 0 Å². The molecule has 3 rings (SSSR count). The first-order chi connectivity index (χ1) is 14.1. The van der Waals surface area contributed by atoms with Crippen molar-refractivity contribution in [3.8, 4) is 5.69 Å². The summed E-state index contributed by atoms with van der Waals surface area (Å²) in [5.41, 5.74) is 1.09. The zero-order chi connectivity index (χ0) is 22.3. The molecule has 0 aliphatic heterocycles. The van der Waals surface area contributed by atoms with E-state index in [4.69, 9.17) is 9.90 Å². The summed E-state index contributed by atoms with van der Waals surface area (Å²) in [5.74, 6) is -2.07. The topological polar surface area (TPSA) is 135 Å². The van der Waals surface area contributed by atoms with Gasteiger partial charge in [-0.15, -0.1) is 0 Å². The standard InChI is InChI=1S/C15H16N6O2.C2HF3O2/c1-20-10-18-21(15(20)23)12-4-2-11(3-5-12)19-14(22)7-6-13-16-8-9-17-13;3-2(4,5)1(6)7/h2-5,8-10H,6-7H2,1H3,(H,16,17)(H,19,22);(H,6,7). The van der Waals surface area contributed by atoms with Gasteiger partial charge >= 0.3 is 17.8 Å². The van der Waals surface area contributed by atoms with E-state index in [0.29, 0.717) is 24.2 Å². The summed E-state index contributed by atoms with van der Waals surface area (Å²) in [5, 5.41) is 13.9. The van der Waals surface area contributed by atoms with Crippen molar-refractivity contribution in [3.05, 3.63) is 59.3 Å². The van der Waals surface area contributed by atoms with Crippen LogP contribution < -0.4 is 11.0 Å². The molecule has 0 aliphatic rings. The number of carboxylic acid groups (broad SMARTS) is 1. The van der Waals surface area contributed by atoms with Gasteiger partial charge in [-0.05, 0) is 24.3 Å². The number of anilines is 1. The number of aliphatic carboxylic acids is 1. The molecule has 3 aromatic rings. The molecule has 1 aromatic carbocycles. The fourth-order valence-corrected chi connectivity index (χ4v) is 2.13. The summed E-state index contributed by atoms with van der Waals surface area (Å²) >= 11 is 0. The van der Waals surface area contributed by atoms with Gasteiger partial charge in [-0.2, -0.15) is 23.0 Å². The molecule has 0 saturated carbocycles. The van der Waals surface area contributed by atoms with Gasteiger partial charge in [0, 0.05) is 38.0 Å². The lowest BCUT2D eigenvalue weighted by molar-refractivity contribution is -0.192. The molecule has 0 bridgehead atoms. The van der Waals surface area contributed by atoms with E-state index >= 15 is 0 Å². The van der Waals surface area contributed by atoms with E-state index in [2.05, 4.69) is 20.4 Å². The van der Waals surface area contributed by atoms with Gasteiger partial charge in [-0.25, -0.2) is 14.6 Å². The zero-order valence-electron chi connectivity index (χ0n) is 15.6. The molecule has 2 aromatic heterocycles. The number of carbonyl (C=O) groups excluding carboxylic acids is 1. The molecule has 30 heavy (non-hydrogen) atoms. The Morgan fingerprint density at radius 1 is 1.23 bits per heavy atom. The van der Waals surface area contributed by atoms with Crippen LogP contribution in [-0.4, -0.2) is 47.5 Å². The smallest absolute Gasteiger partial charge is 0.475 e. The van der Waals surface area contributed by atoms with Crippen molar-refractivity contribution in [3.63, 3.8) is 0 Å². The second kappa shape index (κ2) is 9.54. The SMILES string of the molecule is Cn1cnn(-c2ccc(NC(=O)CCc3ncc[nH]3)cc2)c1=O.O=C(O)C(F)(F)F. The molecular formula is C17H17F3N6O4. The van der Waals surface area contributed by atoms with Crippen molar-refractivity contribution in [2.45, 2.75) is 19.0 Å². The minimum absolute atomic E-state index is 0.0934. The van der Waals surface area contributed by atoms with E-state index in [1.54, 1.807) is 43.7 Å². The summed E-state index contributed by atoms with van der Waals surface area (Å²) in [4.78, 5) is 39.6. The number of amides is 1. The quantitative estimate of drug-likeness (QED) is 0.566. The van der Waals surface area contributed by atoms with Crippen LogP contribution >= 0.6 is 0 Å². The lowest BCUT2D eigenvalue weighted by atomic mass is 10.2. The Kier molecular flexibility index (Phi) is 7.12. The first kappa shape index (κ1) is 22.4. The predicted molar refractivity (Wildman–Crippen MR) is 98.0 cm³/mol. The third-order valence-corrected chi connectivity index (χ3v) is 3.61.